The number of nitrogens with one attached hydrogen (secondary N) is 1. The van der Waals surface area contributed by atoms with Crippen LogP contribution in [0.2, 0.25) is 0 Å². The van der Waals surface area contributed by atoms with Gasteiger partial charge in [-0.05, 0) is 6.92 Å². The predicted octanol–water partition coefficient (Wildman–Crippen LogP) is -1.20. The Hall–Kier alpha value is -0.990. The van der Waals surface area contributed by atoms with E-state index in [2.05, 4.69) is 15.6 Å². The first-order chi connectivity index (χ1) is 7.53. The molecule has 1 saturated heterocycles. The minimum atomic E-state index is -3.47. The molecule has 0 aliphatic carbocycles. The van der Waals surface area contributed by atoms with E-state index in [4.69, 9.17) is 0 Å². The normalized spacial score (nSPS) is 23.5. The van der Waals surface area contributed by atoms with E-state index in [1.807, 2.05) is 6.92 Å². The van der Waals surface area contributed by atoms with Crippen LogP contribution in [0, 0.1) is 0 Å². The molecule has 1 atom stereocenters. The van der Waals surface area contributed by atoms with Gasteiger partial charge in [-0.3, -0.25) is 0 Å². The van der Waals surface area contributed by atoms with Crippen LogP contribution in [-0.2, 0) is 17.1 Å². The van der Waals surface area contributed by atoms with E-state index in [0.29, 0.717) is 19.6 Å². The van der Waals surface area contributed by atoms with Crippen LogP contribution >= 0.6 is 0 Å². The number of aryl methyl sites for hydroxylation is 1. The van der Waals surface area contributed by atoms with Crippen molar-refractivity contribution < 1.29 is 8.42 Å². The summed E-state index contributed by atoms with van der Waals surface area (Å²) < 4.78 is 27.3. The number of rotatable bonds is 2. The SMILES string of the molecule is C[C@H]1CNCCN1S(=O)(=O)c1cnnn1C. The largest absolute Gasteiger partial charge is 0.314 e. The molecule has 1 N–H and O–H groups in total. The molecule has 16 heavy (non-hydrogen) atoms. The van der Waals surface area contributed by atoms with Gasteiger partial charge in [0.2, 0.25) is 0 Å². The monoisotopic (exact) mass is 245 g/mol. The highest BCUT2D eigenvalue weighted by Crippen LogP contribution is 2.17. The number of hydrogen-bond donors (Lipinski definition) is 1. The molecule has 2 rings (SSSR count). The predicted molar refractivity (Wildman–Crippen MR) is 57.2 cm³/mol. The van der Waals surface area contributed by atoms with E-state index in [-0.39, 0.29) is 11.1 Å². The Morgan fingerprint density at radius 2 is 2.31 bits per heavy atom. The molecule has 0 aromatic carbocycles. The van der Waals surface area contributed by atoms with Crippen LogP contribution in [-0.4, -0.2) is 53.4 Å². The molecule has 1 aliphatic rings. The molecule has 0 radical (unpaired) electrons. The molecule has 7 nitrogen and oxygen atoms in total. The zero-order valence-electron chi connectivity index (χ0n) is 9.29. The first-order valence-corrected chi connectivity index (χ1v) is 6.54. The van der Waals surface area contributed by atoms with E-state index >= 15 is 0 Å². The Bertz CT molecular complexity index is 469. The van der Waals surface area contributed by atoms with Crippen molar-refractivity contribution in [2.24, 2.45) is 7.05 Å². The quantitative estimate of drug-likeness (QED) is 0.708. The smallest absolute Gasteiger partial charge is 0.262 e. The fraction of sp³-hybridized carbons (Fsp3) is 0.750. The van der Waals surface area contributed by atoms with Crippen molar-refractivity contribution in [3.8, 4) is 0 Å². The minimum Gasteiger partial charge on any atom is -0.314 e. The summed E-state index contributed by atoms with van der Waals surface area (Å²) in [6, 6.07) is -0.0475. The maximum atomic E-state index is 12.3. The van der Waals surface area contributed by atoms with Crippen LogP contribution in [0.1, 0.15) is 6.92 Å². The lowest BCUT2D eigenvalue weighted by atomic mass is 10.3. The molecule has 0 amide bonds. The maximum absolute atomic E-state index is 12.3. The molecule has 90 valence electrons. The van der Waals surface area contributed by atoms with Crippen molar-refractivity contribution >= 4 is 10.0 Å². The van der Waals surface area contributed by atoms with E-state index in [1.165, 1.54) is 15.2 Å². The molecule has 8 heteroatoms. The molecule has 2 heterocycles. The first-order valence-electron chi connectivity index (χ1n) is 5.10. The van der Waals surface area contributed by atoms with Crippen molar-refractivity contribution in [2.75, 3.05) is 19.6 Å². The fourth-order valence-electron chi connectivity index (χ4n) is 1.81. The first kappa shape index (κ1) is 11.5. The number of piperazine rings is 1. The summed E-state index contributed by atoms with van der Waals surface area (Å²) in [6.45, 7) is 3.71. The van der Waals surface area contributed by atoms with E-state index in [9.17, 15) is 8.42 Å². The lowest BCUT2D eigenvalue weighted by molar-refractivity contribution is 0.282. The van der Waals surface area contributed by atoms with Crippen molar-refractivity contribution in [1.29, 1.82) is 0 Å². The Morgan fingerprint density at radius 1 is 1.56 bits per heavy atom. The molecule has 1 aromatic heterocycles. The summed E-state index contributed by atoms with van der Waals surface area (Å²) in [4.78, 5) is 0. The third-order valence-corrected chi connectivity index (χ3v) is 4.74. The van der Waals surface area contributed by atoms with E-state index in [0.717, 1.165) is 0 Å². The van der Waals surface area contributed by atoms with Crippen LogP contribution in [0.25, 0.3) is 0 Å². The summed E-state index contributed by atoms with van der Waals surface area (Å²) in [5.74, 6) is 0. The zero-order chi connectivity index (χ0) is 11.8. The second-order valence-electron chi connectivity index (χ2n) is 3.86. The third-order valence-electron chi connectivity index (χ3n) is 2.69. The van der Waals surface area contributed by atoms with Gasteiger partial charge in [0.25, 0.3) is 10.0 Å². The van der Waals surface area contributed by atoms with Crippen LogP contribution in [0.5, 0.6) is 0 Å². The van der Waals surface area contributed by atoms with Crippen LogP contribution in [0.15, 0.2) is 11.2 Å². The second-order valence-corrected chi connectivity index (χ2v) is 5.70. The minimum absolute atomic E-state index is 0.0475. The average molecular weight is 245 g/mol. The molecule has 1 aromatic rings. The van der Waals surface area contributed by atoms with Crippen LogP contribution in [0.4, 0.5) is 0 Å². The number of sulfonamides is 1. The number of nitrogens with zero attached hydrogens (tertiary/aromatic N) is 4. The fourth-order valence-corrected chi connectivity index (χ4v) is 3.48. The molecule has 1 fully saturated rings. The van der Waals surface area contributed by atoms with Gasteiger partial charge >= 0.3 is 0 Å². The summed E-state index contributed by atoms with van der Waals surface area (Å²) >= 11 is 0. The van der Waals surface area contributed by atoms with Gasteiger partial charge in [0.1, 0.15) is 0 Å². The van der Waals surface area contributed by atoms with Gasteiger partial charge in [0, 0.05) is 32.7 Å². The van der Waals surface area contributed by atoms with Gasteiger partial charge in [-0.2, -0.15) is 4.31 Å². The summed E-state index contributed by atoms with van der Waals surface area (Å²) in [5.41, 5.74) is 0. The van der Waals surface area contributed by atoms with Crippen molar-refractivity contribution in [3.63, 3.8) is 0 Å². The standard InChI is InChI=1S/C8H15N5O2S/c1-7-5-9-3-4-13(7)16(14,15)8-6-10-11-12(8)2/h6-7,9H,3-5H2,1-2H3/t7-/m0/s1. The van der Waals surface area contributed by atoms with Crippen LogP contribution in [0.3, 0.4) is 0 Å². The van der Waals surface area contributed by atoms with Gasteiger partial charge in [0.15, 0.2) is 5.03 Å². The van der Waals surface area contributed by atoms with Gasteiger partial charge in [-0.1, -0.05) is 5.21 Å². The van der Waals surface area contributed by atoms with Gasteiger partial charge in [-0.15, -0.1) is 5.10 Å². The maximum Gasteiger partial charge on any atom is 0.262 e. The Morgan fingerprint density at radius 3 is 2.88 bits per heavy atom. The summed E-state index contributed by atoms with van der Waals surface area (Å²) in [6.07, 6.45) is 1.28. The Labute approximate surface area is 94.5 Å². The highest BCUT2D eigenvalue weighted by molar-refractivity contribution is 7.89. The molecule has 0 saturated carbocycles. The molecule has 1 aliphatic heterocycles. The van der Waals surface area contributed by atoms with Crippen molar-refractivity contribution in [3.05, 3.63) is 6.20 Å². The van der Waals surface area contributed by atoms with Gasteiger partial charge in [-0.25, -0.2) is 13.1 Å². The molecule has 0 unspecified atom stereocenters. The van der Waals surface area contributed by atoms with Gasteiger partial charge in [0.05, 0.1) is 6.20 Å². The number of aromatic nitrogens is 3. The van der Waals surface area contributed by atoms with E-state index < -0.39 is 10.0 Å². The lowest BCUT2D eigenvalue weighted by Gasteiger charge is -2.32. The number of hydrogen-bond acceptors (Lipinski definition) is 5. The Kier molecular flexibility index (Phi) is 2.96. The second kappa shape index (κ2) is 4.11. The topological polar surface area (TPSA) is 80.1 Å². The Balaban J connectivity index is 2.35. The van der Waals surface area contributed by atoms with Crippen molar-refractivity contribution in [2.45, 2.75) is 18.0 Å². The van der Waals surface area contributed by atoms with Gasteiger partial charge < -0.3 is 5.32 Å². The summed E-state index contributed by atoms with van der Waals surface area (Å²) in [5, 5.41) is 10.5. The van der Waals surface area contributed by atoms with E-state index in [1.54, 1.807) is 7.05 Å². The van der Waals surface area contributed by atoms with Crippen molar-refractivity contribution in [1.82, 2.24) is 24.6 Å². The average Bonchev–Trinajstić information content (AvgIpc) is 2.65. The zero-order valence-corrected chi connectivity index (χ0v) is 10.1. The highest BCUT2D eigenvalue weighted by atomic mass is 32.2. The molecular formula is C8H15N5O2S. The molecule has 0 bridgehead atoms. The highest BCUT2D eigenvalue weighted by Gasteiger charge is 2.33. The molecular weight excluding hydrogens is 230 g/mol. The summed E-state index contributed by atoms with van der Waals surface area (Å²) in [7, 11) is -1.89. The van der Waals surface area contributed by atoms with Crippen LogP contribution < -0.4 is 5.32 Å². The third kappa shape index (κ3) is 1.83. The molecule has 0 spiro atoms. The lowest BCUT2D eigenvalue weighted by Crippen LogP contribution is -2.52.